The van der Waals surface area contributed by atoms with Gasteiger partial charge < -0.3 is 9.47 Å². The van der Waals surface area contributed by atoms with Crippen LogP contribution in [-0.2, 0) is 18.2 Å². The second kappa shape index (κ2) is 8.50. The van der Waals surface area contributed by atoms with Crippen LogP contribution in [0.4, 0.5) is 0 Å². The number of hydrogen-bond donors (Lipinski definition) is 0. The highest BCUT2D eigenvalue weighted by molar-refractivity contribution is 7.19. The molecule has 30 heavy (non-hydrogen) atoms. The van der Waals surface area contributed by atoms with Crippen molar-refractivity contribution in [2.45, 2.75) is 6.42 Å². The number of morpholine rings is 1. The first-order chi connectivity index (χ1) is 14.7. The Morgan fingerprint density at radius 1 is 1.13 bits per heavy atom. The summed E-state index contributed by atoms with van der Waals surface area (Å²) in [5, 5.41) is 18.4. The van der Waals surface area contributed by atoms with Gasteiger partial charge in [0.2, 0.25) is 4.96 Å². The van der Waals surface area contributed by atoms with Crippen LogP contribution in [0.15, 0.2) is 36.7 Å². The fourth-order valence-corrected chi connectivity index (χ4v) is 4.25. The van der Waals surface area contributed by atoms with E-state index in [2.05, 4.69) is 37.4 Å². The number of benzene rings is 1. The van der Waals surface area contributed by atoms with E-state index in [4.69, 9.17) is 9.47 Å². The summed E-state index contributed by atoms with van der Waals surface area (Å²) in [6.07, 6.45) is 4.41. The molecule has 0 bridgehead atoms. The first kappa shape index (κ1) is 19.2. The lowest BCUT2D eigenvalue weighted by Crippen LogP contribution is -2.38. The van der Waals surface area contributed by atoms with Crippen molar-refractivity contribution in [3.8, 4) is 16.3 Å². The van der Waals surface area contributed by atoms with Crippen molar-refractivity contribution < 1.29 is 9.47 Å². The van der Waals surface area contributed by atoms with Crippen LogP contribution in [0.25, 0.3) is 15.5 Å². The van der Waals surface area contributed by atoms with Crippen molar-refractivity contribution in [1.82, 2.24) is 34.5 Å². The molecular formula is C20H23N7O2S. The molecule has 1 fully saturated rings. The Morgan fingerprint density at radius 2 is 1.97 bits per heavy atom. The Hall–Kier alpha value is -2.82. The van der Waals surface area contributed by atoms with Crippen molar-refractivity contribution in [1.29, 1.82) is 0 Å². The summed E-state index contributed by atoms with van der Waals surface area (Å²) >= 11 is 1.51. The molecule has 0 amide bonds. The van der Waals surface area contributed by atoms with Crippen molar-refractivity contribution >= 4 is 16.3 Å². The molecule has 0 saturated carbocycles. The number of ether oxygens (including phenoxy) is 2. The Bertz CT molecular complexity index is 1110. The van der Waals surface area contributed by atoms with Crippen LogP contribution in [0, 0.1) is 0 Å². The molecule has 0 radical (unpaired) electrons. The molecule has 4 heterocycles. The zero-order chi connectivity index (χ0) is 20.3. The van der Waals surface area contributed by atoms with Crippen molar-refractivity contribution in [3.05, 3.63) is 48.0 Å². The standard InChI is InChI=1S/C20H23N7O2S/c1-25-14-16(13-21-25)19-24-27-18(22-23-20(27)30-19)12-15-2-4-17(5-3-15)29-11-8-26-6-9-28-10-7-26/h2-5,13-14H,6-12H2,1H3. The summed E-state index contributed by atoms with van der Waals surface area (Å²) in [4.78, 5) is 3.15. The fraction of sp³-hybridized carbons (Fsp3) is 0.400. The molecule has 1 saturated heterocycles. The third kappa shape index (κ3) is 4.20. The van der Waals surface area contributed by atoms with Crippen LogP contribution in [0.1, 0.15) is 11.4 Å². The van der Waals surface area contributed by atoms with Gasteiger partial charge in [0.15, 0.2) is 10.8 Å². The van der Waals surface area contributed by atoms with Crippen LogP contribution in [0.2, 0.25) is 0 Å². The molecule has 0 aliphatic carbocycles. The minimum Gasteiger partial charge on any atom is -0.492 e. The van der Waals surface area contributed by atoms with Gasteiger partial charge >= 0.3 is 0 Å². The highest BCUT2D eigenvalue weighted by Crippen LogP contribution is 2.25. The van der Waals surface area contributed by atoms with E-state index in [1.54, 1.807) is 4.68 Å². The second-order valence-electron chi connectivity index (χ2n) is 7.24. The average molecular weight is 426 g/mol. The van der Waals surface area contributed by atoms with Gasteiger partial charge in [-0.3, -0.25) is 9.58 Å². The molecule has 3 aromatic heterocycles. The molecule has 5 rings (SSSR count). The van der Waals surface area contributed by atoms with Crippen molar-refractivity contribution in [2.24, 2.45) is 7.05 Å². The van der Waals surface area contributed by atoms with E-state index in [9.17, 15) is 0 Å². The molecule has 9 nitrogen and oxygen atoms in total. The summed E-state index contributed by atoms with van der Waals surface area (Å²) in [5.41, 5.74) is 2.12. The van der Waals surface area contributed by atoms with Gasteiger partial charge in [0, 0.05) is 39.3 Å². The molecular weight excluding hydrogens is 402 g/mol. The third-order valence-corrected chi connectivity index (χ3v) is 6.02. The van der Waals surface area contributed by atoms with Gasteiger partial charge in [0.1, 0.15) is 12.4 Å². The molecule has 4 aromatic rings. The van der Waals surface area contributed by atoms with Gasteiger partial charge in [-0.25, -0.2) is 0 Å². The van der Waals surface area contributed by atoms with Crippen LogP contribution < -0.4 is 4.74 Å². The SMILES string of the molecule is Cn1cc(-c2nn3c(Cc4ccc(OCCN5CCOCC5)cc4)nnc3s2)cn1. The summed E-state index contributed by atoms with van der Waals surface area (Å²) < 4.78 is 14.8. The molecule has 10 heteroatoms. The minimum absolute atomic E-state index is 0.658. The van der Waals surface area contributed by atoms with E-state index in [0.29, 0.717) is 13.0 Å². The van der Waals surface area contributed by atoms with Gasteiger partial charge in [0.05, 0.1) is 25.0 Å². The number of rotatable bonds is 7. The molecule has 1 aliphatic heterocycles. The van der Waals surface area contributed by atoms with Gasteiger partial charge in [-0.05, 0) is 17.7 Å². The van der Waals surface area contributed by atoms with Gasteiger partial charge in [0.25, 0.3) is 0 Å². The van der Waals surface area contributed by atoms with E-state index < -0.39 is 0 Å². The van der Waals surface area contributed by atoms with E-state index >= 15 is 0 Å². The lowest BCUT2D eigenvalue weighted by molar-refractivity contribution is 0.0322. The monoisotopic (exact) mass is 425 g/mol. The van der Waals surface area contributed by atoms with Gasteiger partial charge in [-0.2, -0.15) is 14.7 Å². The van der Waals surface area contributed by atoms with Crippen LogP contribution in [0.3, 0.4) is 0 Å². The quantitative estimate of drug-likeness (QED) is 0.447. The second-order valence-corrected chi connectivity index (χ2v) is 8.20. The van der Waals surface area contributed by atoms with Crippen LogP contribution in [0.5, 0.6) is 5.75 Å². The van der Waals surface area contributed by atoms with Gasteiger partial charge in [-0.1, -0.05) is 23.5 Å². The normalized spacial score (nSPS) is 15.1. The number of fused-ring (bicyclic) bond motifs is 1. The fourth-order valence-electron chi connectivity index (χ4n) is 3.42. The summed E-state index contributed by atoms with van der Waals surface area (Å²) in [5.74, 6) is 1.70. The van der Waals surface area contributed by atoms with Gasteiger partial charge in [-0.15, -0.1) is 10.2 Å². The molecule has 0 spiro atoms. The Kier molecular flexibility index (Phi) is 5.43. The van der Waals surface area contributed by atoms with E-state index in [-0.39, 0.29) is 0 Å². The first-order valence-electron chi connectivity index (χ1n) is 9.96. The zero-order valence-electron chi connectivity index (χ0n) is 16.8. The number of hydrogen-bond acceptors (Lipinski definition) is 8. The third-order valence-electron chi connectivity index (χ3n) is 5.07. The van der Waals surface area contributed by atoms with E-state index in [0.717, 1.165) is 65.5 Å². The number of aromatic nitrogens is 6. The molecule has 1 aromatic carbocycles. The Labute approximate surface area is 177 Å². The lowest BCUT2D eigenvalue weighted by atomic mass is 10.1. The Balaban J connectivity index is 1.21. The smallest absolute Gasteiger partial charge is 0.234 e. The summed E-state index contributed by atoms with van der Waals surface area (Å²) in [6, 6.07) is 8.16. The minimum atomic E-state index is 0.658. The lowest BCUT2D eigenvalue weighted by Gasteiger charge is -2.26. The maximum atomic E-state index is 5.89. The number of nitrogens with zero attached hydrogens (tertiary/aromatic N) is 7. The maximum absolute atomic E-state index is 5.89. The van der Waals surface area contributed by atoms with E-state index in [1.807, 2.05) is 36.1 Å². The largest absolute Gasteiger partial charge is 0.492 e. The summed E-state index contributed by atoms with van der Waals surface area (Å²) in [6.45, 7) is 5.19. The van der Waals surface area contributed by atoms with Crippen molar-refractivity contribution in [2.75, 3.05) is 39.5 Å². The predicted molar refractivity (Wildman–Crippen MR) is 113 cm³/mol. The highest BCUT2D eigenvalue weighted by Gasteiger charge is 2.14. The van der Waals surface area contributed by atoms with Crippen molar-refractivity contribution in [3.63, 3.8) is 0 Å². The predicted octanol–water partition coefficient (Wildman–Crippen LogP) is 1.89. The average Bonchev–Trinajstić information content (AvgIpc) is 3.47. The van der Waals surface area contributed by atoms with Crippen LogP contribution >= 0.6 is 11.3 Å². The maximum Gasteiger partial charge on any atom is 0.234 e. The zero-order valence-corrected chi connectivity index (χ0v) is 17.6. The highest BCUT2D eigenvalue weighted by atomic mass is 32.1. The number of aryl methyl sites for hydroxylation is 1. The topological polar surface area (TPSA) is 82.6 Å². The molecule has 0 N–H and O–H groups in total. The summed E-state index contributed by atoms with van der Waals surface area (Å²) in [7, 11) is 1.89. The molecule has 156 valence electrons. The molecule has 0 unspecified atom stereocenters. The molecule has 0 atom stereocenters. The Morgan fingerprint density at radius 3 is 2.73 bits per heavy atom. The first-order valence-corrected chi connectivity index (χ1v) is 10.8. The van der Waals surface area contributed by atoms with E-state index in [1.165, 1.54) is 11.3 Å². The van der Waals surface area contributed by atoms with Crippen LogP contribution in [-0.4, -0.2) is 73.9 Å². The molecule has 1 aliphatic rings.